The second-order valence-electron chi connectivity index (χ2n) is 4.56. The summed E-state index contributed by atoms with van der Waals surface area (Å²) >= 11 is 11.9. The zero-order valence-electron chi connectivity index (χ0n) is 11.8. The maximum atomic E-state index is 13.6. The number of amides is 1. The Morgan fingerprint density at radius 2 is 2.00 bits per heavy atom. The molecule has 2 aromatic rings. The molecule has 1 N–H and O–H groups in total. The molecule has 2 aromatic carbocycles. The van der Waals surface area contributed by atoms with E-state index in [1.165, 1.54) is 18.2 Å². The molecule has 0 bridgehead atoms. The fourth-order valence-corrected chi connectivity index (χ4v) is 2.16. The number of para-hydroxylation sites is 1. The van der Waals surface area contributed by atoms with Gasteiger partial charge in [0.2, 0.25) is 0 Å². The molecule has 1 atom stereocenters. The minimum absolute atomic E-state index is 0.0293. The van der Waals surface area contributed by atoms with Crippen LogP contribution < -0.4 is 10.1 Å². The second-order valence-corrected chi connectivity index (χ2v) is 5.40. The number of nitrogens with one attached hydrogen (secondary N) is 1. The van der Waals surface area contributed by atoms with E-state index in [0.717, 1.165) is 0 Å². The molecule has 3 nitrogen and oxygen atoms in total. The van der Waals surface area contributed by atoms with Crippen LogP contribution in [0.25, 0.3) is 0 Å². The van der Waals surface area contributed by atoms with Crippen LogP contribution in [0.3, 0.4) is 0 Å². The van der Waals surface area contributed by atoms with Gasteiger partial charge in [-0.1, -0.05) is 42.3 Å². The quantitative estimate of drug-likeness (QED) is 0.837. The van der Waals surface area contributed by atoms with Gasteiger partial charge in [-0.25, -0.2) is 4.39 Å². The molecule has 0 unspecified atom stereocenters. The summed E-state index contributed by atoms with van der Waals surface area (Å²) in [7, 11) is 0. The standard InChI is InChI=1S/C16H14Cl2FNO2/c1-2-14(22-15-6-4-3-5-12(15)19)16(21)20-13-9-10(17)7-8-11(13)18/h3-9,14H,2H2,1H3,(H,20,21)/t14-/m0/s1. The van der Waals surface area contributed by atoms with E-state index in [-0.39, 0.29) is 5.75 Å². The fourth-order valence-electron chi connectivity index (χ4n) is 1.82. The highest BCUT2D eigenvalue weighted by Crippen LogP contribution is 2.26. The van der Waals surface area contributed by atoms with Gasteiger partial charge in [-0.05, 0) is 36.8 Å². The third-order valence-electron chi connectivity index (χ3n) is 2.96. The van der Waals surface area contributed by atoms with E-state index >= 15 is 0 Å². The predicted octanol–water partition coefficient (Wildman–Crippen LogP) is 4.93. The first kappa shape index (κ1) is 16.6. The van der Waals surface area contributed by atoms with E-state index < -0.39 is 17.8 Å². The van der Waals surface area contributed by atoms with Crippen LogP contribution in [0.15, 0.2) is 42.5 Å². The van der Waals surface area contributed by atoms with E-state index in [1.807, 2.05) is 0 Å². The lowest BCUT2D eigenvalue weighted by molar-refractivity contribution is -0.122. The molecule has 0 spiro atoms. The summed E-state index contributed by atoms with van der Waals surface area (Å²) in [5.41, 5.74) is 0.384. The first-order chi connectivity index (χ1) is 10.5. The van der Waals surface area contributed by atoms with Gasteiger partial charge in [-0.3, -0.25) is 4.79 Å². The van der Waals surface area contributed by atoms with Gasteiger partial charge in [-0.2, -0.15) is 0 Å². The molecule has 2 rings (SSSR count). The van der Waals surface area contributed by atoms with Gasteiger partial charge in [0, 0.05) is 5.02 Å². The van der Waals surface area contributed by atoms with Gasteiger partial charge in [0.1, 0.15) is 0 Å². The number of hydrogen-bond acceptors (Lipinski definition) is 2. The van der Waals surface area contributed by atoms with Gasteiger partial charge >= 0.3 is 0 Å². The van der Waals surface area contributed by atoms with Gasteiger partial charge in [0.25, 0.3) is 5.91 Å². The van der Waals surface area contributed by atoms with Crippen molar-refractivity contribution < 1.29 is 13.9 Å². The van der Waals surface area contributed by atoms with Crippen molar-refractivity contribution in [2.24, 2.45) is 0 Å². The van der Waals surface area contributed by atoms with E-state index in [1.54, 1.807) is 31.2 Å². The molecule has 0 heterocycles. The maximum absolute atomic E-state index is 13.6. The maximum Gasteiger partial charge on any atom is 0.265 e. The van der Waals surface area contributed by atoms with Crippen molar-refractivity contribution in [3.8, 4) is 5.75 Å². The van der Waals surface area contributed by atoms with Crippen molar-refractivity contribution >= 4 is 34.8 Å². The van der Waals surface area contributed by atoms with Crippen LogP contribution >= 0.6 is 23.2 Å². The average molecular weight is 342 g/mol. The lowest BCUT2D eigenvalue weighted by Crippen LogP contribution is -2.32. The zero-order valence-corrected chi connectivity index (χ0v) is 13.3. The highest BCUT2D eigenvalue weighted by atomic mass is 35.5. The van der Waals surface area contributed by atoms with Crippen molar-refractivity contribution in [3.05, 3.63) is 58.3 Å². The minimum atomic E-state index is -0.841. The molecule has 0 radical (unpaired) electrons. The molecular weight excluding hydrogens is 328 g/mol. The third kappa shape index (κ3) is 4.12. The second kappa shape index (κ2) is 7.47. The molecule has 0 saturated heterocycles. The molecule has 1 amide bonds. The van der Waals surface area contributed by atoms with Crippen LogP contribution in [0.4, 0.5) is 10.1 Å². The van der Waals surface area contributed by atoms with Crippen LogP contribution in [0.1, 0.15) is 13.3 Å². The lowest BCUT2D eigenvalue weighted by atomic mass is 10.2. The van der Waals surface area contributed by atoms with Gasteiger partial charge < -0.3 is 10.1 Å². The molecule has 0 saturated carbocycles. The number of carbonyl (C=O) groups is 1. The van der Waals surface area contributed by atoms with Crippen molar-refractivity contribution in [3.63, 3.8) is 0 Å². The van der Waals surface area contributed by atoms with Crippen LogP contribution in [0.2, 0.25) is 10.0 Å². The van der Waals surface area contributed by atoms with Gasteiger partial charge in [0.15, 0.2) is 17.7 Å². The predicted molar refractivity (Wildman–Crippen MR) is 86.2 cm³/mol. The summed E-state index contributed by atoms with van der Waals surface area (Å²) < 4.78 is 19.0. The Balaban J connectivity index is 2.12. The molecule has 22 heavy (non-hydrogen) atoms. The average Bonchev–Trinajstić information content (AvgIpc) is 2.50. The SMILES string of the molecule is CC[C@H](Oc1ccccc1F)C(=O)Nc1cc(Cl)ccc1Cl. The number of ether oxygens (including phenoxy) is 1. The monoisotopic (exact) mass is 341 g/mol. The van der Waals surface area contributed by atoms with Crippen LogP contribution in [0.5, 0.6) is 5.75 Å². The Morgan fingerprint density at radius 3 is 2.68 bits per heavy atom. The summed E-state index contributed by atoms with van der Waals surface area (Å²) in [5, 5.41) is 3.45. The molecule has 0 aliphatic rings. The number of hydrogen-bond donors (Lipinski definition) is 1. The zero-order chi connectivity index (χ0) is 16.1. The van der Waals surface area contributed by atoms with Crippen molar-refractivity contribution in [2.75, 3.05) is 5.32 Å². The molecule has 0 aliphatic heterocycles. The van der Waals surface area contributed by atoms with Crippen molar-refractivity contribution in [1.82, 2.24) is 0 Å². The van der Waals surface area contributed by atoms with E-state index in [4.69, 9.17) is 27.9 Å². The number of benzene rings is 2. The molecule has 0 fully saturated rings. The van der Waals surface area contributed by atoms with Crippen LogP contribution in [-0.4, -0.2) is 12.0 Å². The van der Waals surface area contributed by atoms with E-state index in [9.17, 15) is 9.18 Å². The summed E-state index contributed by atoms with van der Waals surface area (Å²) in [4.78, 5) is 12.3. The molecule has 0 aromatic heterocycles. The van der Waals surface area contributed by atoms with Crippen molar-refractivity contribution in [2.45, 2.75) is 19.4 Å². The van der Waals surface area contributed by atoms with Crippen LogP contribution in [-0.2, 0) is 4.79 Å². The fraction of sp³-hybridized carbons (Fsp3) is 0.188. The number of carbonyl (C=O) groups excluding carboxylic acids is 1. The summed E-state index contributed by atoms with van der Waals surface area (Å²) in [6.07, 6.45) is -0.467. The van der Waals surface area contributed by atoms with E-state index in [2.05, 4.69) is 5.32 Å². The number of rotatable bonds is 5. The molecule has 0 aliphatic carbocycles. The van der Waals surface area contributed by atoms with Crippen molar-refractivity contribution in [1.29, 1.82) is 0 Å². The molecule has 116 valence electrons. The van der Waals surface area contributed by atoms with E-state index in [0.29, 0.717) is 22.2 Å². The smallest absolute Gasteiger partial charge is 0.265 e. The topological polar surface area (TPSA) is 38.3 Å². The summed E-state index contributed by atoms with van der Waals surface area (Å²) in [5.74, 6) is -0.911. The van der Waals surface area contributed by atoms with Gasteiger partial charge in [-0.15, -0.1) is 0 Å². The van der Waals surface area contributed by atoms with Crippen LogP contribution in [0, 0.1) is 5.82 Å². The minimum Gasteiger partial charge on any atom is -0.478 e. The summed E-state index contributed by atoms with van der Waals surface area (Å²) in [6.45, 7) is 1.77. The third-order valence-corrected chi connectivity index (χ3v) is 3.52. The molecule has 6 heteroatoms. The normalized spacial score (nSPS) is 11.8. The highest BCUT2D eigenvalue weighted by Gasteiger charge is 2.20. The largest absolute Gasteiger partial charge is 0.478 e. The number of anilines is 1. The Labute approximate surface area is 138 Å². The molecular formula is C16H14Cl2FNO2. The Hall–Kier alpha value is -1.78. The highest BCUT2D eigenvalue weighted by molar-refractivity contribution is 6.35. The Kier molecular flexibility index (Phi) is 5.63. The first-order valence-corrected chi connectivity index (χ1v) is 7.44. The van der Waals surface area contributed by atoms with Gasteiger partial charge in [0.05, 0.1) is 10.7 Å². The lowest BCUT2D eigenvalue weighted by Gasteiger charge is -2.18. The Morgan fingerprint density at radius 1 is 1.27 bits per heavy atom. The summed E-state index contributed by atoms with van der Waals surface area (Å²) in [6, 6.07) is 10.7. The first-order valence-electron chi connectivity index (χ1n) is 6.68. The number of halogens is 3. The Bertz CT molecular complexity index is 679.